The number of sulfonamides is 1. The van der Waals surface area contributed by atoms with E-state index in [1.54, 1.807) is 36.4 Å². The van der Waals surface area contributed by atoms with Crippen molar-refractivity contribution in [1.82, 2.24) is 9.62 Å². The average molecular weight is 478 g/mol. The lowest BCUT2D eigenvalue weighted by molar-refractivity contribution is -0.121. The monoisotopic (exact) mass is 477 g/mol. The van der Waals surface area contributed by atoms with Crippen LogP contribution < -0.4 is 20.1 Å². The van der Waals surface area contributed by atoms with Crippen LogP contribution in [0.5, 0.6) is 11.5 Å². The fourth-order valence-electron chi connectivity index (χ4n) is 3.29. The van der Waals surface area contributed by atoms with Gasteiger partial charge in [-0.25, -0.2) is 8.42 Å². The SMILES string of the molecule is COc1ccccc1OCC(=O)NC(=S)Nc1ccc(S(=O)(=O)N2CCC(C)CC2)cc1. The van der Waals surface area contributed by atoms with Gasteiger partial charge in [0.2, 0.25) is 10.0 Å². The van der Waals surface area contributed by atoms with E-state index in [4.69, 9.17) is 21.7 Å². The lowest BCUT2D eigenvalue weighted by Gasteiger charge is -2.29. The van der Waals surface area contributed by atoms with E-state index in [-0.39, 0.29) is 16.6 Å². The molecule has 172 valence electrons. The number of hydrogen-bond donors (Lipinski definition) is 2. The van der Waals surface area contributed by atoms with Crippen molar-refractivity contribution in [3.63, 3.8) is 0 Å². The van der Waals surface area contributed by atoms with Gasteiger partial charge in [0.05, 0.1) is 12.0 Å². The van der Waals surface area contributed by atoms with Crippen molar-refractivity contribution in [1.29, 1.82) is 0 Å². The van der Waals surface area contributed by atoms with Gasteiger partial charge in [0.15, 0.2) is 23.2 Å². The number of methoxy groups -OCH3 is 1. The number of hydrogen-bond acceptors (Lipinski definition) is 6. The maximum atomic E-state index is 12.8. The van der Waals surface area contributed by atoms with Gasteiger partial charge in [-0.1, -0.05) is 19.1 Å². The highest BCUT2D eigenvalue weighted by molar-refractivity contribution is 7.89. The Hall–Kier alpha value is -2.69. The maximum Gasteiger partial charge on any atom is 0.264 e. The molecule has 0 unspecified atom stereocenters. The number of piperidine rings is 1. The van der Waals surface area contributed by atoms with Crippen LogP contribution in [0.1, 0.15) is 19.8 Å². The quantitative estimate of drug-likeness (QED) is 0.592. The highest BCUT2D eigenvalue weighted by Gasteiger charge is 2.27. The van der Waals surface area contributed by atoms with Crippen molar-refractivity contribution in [3.8, 4) is 11.5 Å². The smallest absolute Gasteiger partial charge is 0.264 e. The van der Waals surface area contributed by atoms with Gasteiger partial charge < -0.3 is 14.8 Å². The van der Waals surface area contributed by atoms with E-state index in [0.29, 0.717) is 36.2 Å². The highest BCUT2D eigenvalue weighted by Crippen LogP contribution is 2.26. The first-order valence-electron chi connectivity index (χ1n) is 10.3. The summed E-state index contributed by atoms with van der Waals surface area (Å²) in [5.74, 6) is 1.08. The zero-order valence-corrected chi connectivity index (χ0v) is 19.7. The second-order valence-electron chi connectivity index (χ2n) is 7.55. The number of amides is 1. The number of carbonyl (C=O) groups excluding carboxylic acids is 1. The first kappa shape index (κ1) is 24.0. The van der Waals surface area contributed by atoms with Gasteiger partial charge in [-0.05, 0) is 67.4 Å². The lowest BCUT2D eigenvalue weighted by atomic mass is 10.0. The van der Waals surface area contributed by atoms with Crippen LogP contribution in [0.4, 0.5) is 5.69 Å². The predicted molar refractivity (Wildman–Crippen MR) is 126 cm³/mol. The molecule has 0 aromatic heterocycles. The number of thiocarbonyl (C=S) groups is 1. The van der Waals surface area contributed by atoms with Crippen molar-refractivity contribution >= 4 is 38.9 Å². The van der Waals surface area contributed by atoms with Crippen molar-refractivity contribution in [2.45, 2.75) is 24.7 Å². The molecule has 2 aromatic carbocycles. The van der Waals surface area contributed by atoms with Crippen LogP contribution in [-0.2, 0) is 14.8 Å². The molecule has 8 nitrogen and oxygen atoms in total. The molecule has 1 saturated heterocycles. The Bertz CT molecular complexity index is 1050. The molecule has 1 heterocycles. The Morgan fingerprint density at radius 1 is 1.09 bits per heavy atom. The first-order valence-corrected chi connectivity index (χ1v) is 12.1. The molecule has 0 atom stereocenters. The fraction of sp³-hybridized carbons (Fsp3) is 0.364. The maximum absolute atomic E-state index is 12.8. The summed E-state index contributed by atoms with van der Waals surface area (Å²) < 4.78 is 37.8. The highest BCUT2D eigenvalue weighted by atomic mass is 32.2. The first-order chi connectivity index (χ1) is 15.3. The van der Waals surface area contributed by atoms with Gasteiger partial charge >= 0.3 is 0 Å². The van der Waals surface area contributed by atoms with Crippen LogP contribution in [0.3, 0.4) is 0 Å². The van der Waals surface area contributed by atoms with Gasteiger partial charge in [0.25, 0.3) is 5.91 Å². The molecule has 1 aliphatic rings. The van der Waals surface area contributed by atoms with E-state index in [2.05, 4.69) is 17.6 Å². The molecule has 32 heavy (non-hydrogen) atoms. The Labute approximate surface area is 193 Å². The van der Waals surface area contributed by atoms with Crippen molar-refractivity contribution in [2.24, 2.45) is 5.92 Å². The third-order valence-corrected chi connectivity index (χ3v) is 7.29. The molecule has 0 spiro atoms. The molecule has 2 aromatic rings. The molecular formula is C22H27N3O5S2. The van der Waals surface area contributed by atoms with Crippen LogP contribution in [0.15, 0.2) is 53.4 Å². The Morgan fingerprint density at radius 2 is 1.72 bits per heavy atom. The van der Waals surface area contributed by atoms with E-state index >= 15 is 0 Å². The van der Waals surface area contributed by atoms with Crippen LogP contribution in [0.25, 0.3) is 0 Å². The van der Waals surface area contributed by atoms with Crippen LogP contribution >= 0.6 is 12.2 Å². The minimum atomic E-state index is -3.51. The molecule has 0 saturated carbocycles. The molecule has 3 rings (SSSR count). The number of nitrogens with one attached hydrogen (secondary N) is 2. The van der Waals surface area contributed by atoms with Gasteiger partial charge in [-0.15, -0.1) is 0 Å². The van der Waals surface area contributed by atoms with Crippen LogP contribution in [0, 0.1) is 5.92 Å². The molecular weight excluding hydrogens is 450 g/mol. The number of nitrogens with zero attached hydrogens (tertiary/aromatic N) is 1. The van der Waals surface area contributed by atoms with E-state index in [0.717, 1.165) is 12.8 Å². The molecule has 0 aliphatic carbocycles. The lowest BCUT2D eigenvalue weighted by Crippen LogP contribution is -2.38. The van der Waals surface area contributed by atoms with Crippen molar-refractivity contribution < 1.29 is 22.7 Å². The molecule has 0 radical (unpaired) electrons. The summed E-state index contributed by atoms with van der Waals surface area (Å²) >= 11 is 5.16. The number of para-hydroxylation sites is 2. The normalized spacial score (nSPS) is 15.1. The minimum absolute atomic E-state index is 0.0826. The third-order valence-electron chi connectivity index (χ3n) is 5.17. The van der Waals surface area contributed by atoms with Crippen LogP contribution in [0.2, 0.25) is 0 Å². The summed E-state index contributed by atoms with van der Waals surface area (Å²) in [5, 5.41) is 5.48. The summed E-state index contributed by atoms with van der Waals surface area (Å²) in [7, 11) is -1.99. The van der Waals surface area contributed by atoms with Crippen molar-refractivity contribution in [3.05, 3.63) is 48.5 Å². The van der Waals surface area contributed by atoms with E-state index in [9.17, 15) is 13.2 Å². The number of anilines is 1. The van der Waals surface area contributed by atoms with Crippen molar-refractivity contribution in [2.75, 3.05) is 32.1 Å². The fourth-order valence-corrected chi connectivity index (χ4v) is 4.99. The van der Waals surface area contributed by atoms with E-state index in [1.807, 2.05) is 0 Å². The van der Waals surface area contributed by atoms with Gasteiger partial charge in [-0.3, -0.25) is 10.1 Å². The molecule has 1 aliphatic heterocycles. The van der Waals surface area contributed by atoms with Gasteiger partial charge in [-0.2, -0.15) is 4.31 Å². The van der Waals surface area contributed by atoms with Gasteiger partial charge in [0.1, 0.15) is 0 Å². The van der Waals surface area contributed by atoms with E-state index < -0.39 is 15.9 Å². The molecule has 10 heteroatoms. The zero-order valence-electron chi connectivity index (χ0n) is 18.0. The zero-order chi connectivity index (χ0) is 23.1. The number of rotatable bonds is 7. The summed E-state index contributed by atoms with van der Waals surface area (Å²) in [6.07, 6.45) is 1.74. The van der Waals surface area contributed by atoms with Crippen LogP contribution in [-0.4, -0.2) is 50.5 Å². The molecule has 1 amide bonds. The Morgan fingerprint density at radius 3 is 2.34 bits per heavy atom. The molecule has 0 bridgehead atoms. The number of ether oxygens (including phenoxy) is 2. The molecule has 1 fully saturated rings. The Kier molecular flexibility index (Phi) is 8.05. The largest absolute Gasteiger partial charge is 0.493 e. The Balaban J connectivity index is 1.51. The summed E-state index contributed by atoms with van der Waals surface area (Å²) in [5.41, 5.74) is 0.562. The summed E-state index contributed by atoms with van der Waals surface area (Å²) in [6.45, 7) is 2.97. The third kappa shape index (κ3) is 6.18. The number of carbonyl (C=O) groups is 1. The summed E-state index contributed by atoms with van der Waals surface area (Å²) in [4.78, 5) is 12.3. The minimum Gasteiger partial charge on any atom is -0.493 e. The average Bonchev–Trinajstić information content (AvgIpc) is 2.78. The van der Waals surface area contributed by atoms with Gasteiger partial charge in [0, 0.05) is 18.8 Å². The topological polar surface area (TPSA) is 97.0 Å². The second-order valence-corrected chi connectivity index (χ2v) is 9.90. The molecule has 2 N–H and O–H groups in total. The second kappa shape index (κ2) is 10.8. The van der Waals surface area contributed by atoms with E-state index in [1.165, 1.54) is 23.5 Å². The standard InChI is InChI=1S/C22H27N3O5S2/c1-16-11-13-25(14-12-16)32(27,28)18-9-7-17(8-10-18)23-22(31)24-21(26)15-30-20-6-4-3-5-19(20)29-2/h3-10,16H,11-15H2,1-2H3,(H2,23,24,26,31). The summed E-state index contributed by atoms with van der Waals surface area (Å²) in [6, 6.07) is 13.3. The number of benzene rings is 2. The predicted octanol–water partition coefficient (Wildman–Crippen LogP) is 3.01.